The first kappa shape index (κ1) is 17.7. The highest BCUT2D eigenvalue weighted by molar-refractivity contribution is 8.00. The molecule has 0 fully saturated rings. The predicted octanol–water partition coefficient (Wildman–Crippen LogP) is 3.13. The molecule has 0 saturated carbocycles. The van der Waals surface area contributed by atoms with Crippen molar-refractivity contribution in [2.24, 2.45) is 0 Å². The maximum absolute atomic E-state index is 12.3. The molecule has 1 N–H and O–H groups in total. The van der Waals surface area contributed by atoms with Crippen LogP contribution in [0.25, 0.3) is 0 Å². The summed E-state index contributed by atoms with van der Waals surface area (Å²) in [5.41, 5.74) is 0.552. The van der Waals surface area contributed by atoms with Crippen LogP contribution in [-0.4, -0.2) is 37.1 Å². The Labute approximate surface area is 140 Å². The molecule has 0 aliphatic carbocycles. The minimum atomic E-state index is -2.46. The van der Waals surface area contributed by atoms with Gasteiger partial charge in [-0.15, -0.1) is 5.10 Å². The predicted molar refractivity (Wildman–Crippen MR) is 85.7 cm³/mol. The molecule has 0 bridgehead atoms. The van der Waals surface area contributed by atoms with Gasteiger partial charge in [-0.25, -0.2) is 4.68 Å². The van der Waals surface area contributed by atoms with Gasteiger partial charge < -0.3 is 5.32 Å². The number of benzene rings is 1. The second-order valence-corrected chi connectivity index (χ2v) is 6.80. The van der Waals surface area contributed by atoms with E-state index < -0.39 is 11.0 Å². The van der Waals surface area contributed by atoms with Gasteiger partial charge in [0, 0.05) is 17.1 Å². The van der Waals surface area contributed by atoms with E-state index in [0.29, 0.717) is 34.0 Å². The van der Waals surface area contributed by atoms with Crippen molar-refractivity contribution in [2.75, 3.05) is 5.32 Å². The van der Waals surface area contributed by atoms with Gasteiger partial charge >= 0.3 is 0 Å². The van der Waals surface area contributed by atoms with Gasteiger partial charge in [0.25, 0.3) is 5.76 Å². The van der Waals surface area contributed by atoms with Crippen LogP contribution in [0, 0.1) is 0 Å². The molecule has 2 aromatic rings. The summed E-state index contributed by atoms with van der Waals surface area (Å²) < 4.78 is 26.1. The standard InChI is InChI=1S/C13H15F2N5OS2/c1-3-20-13(17-18-19-20)22-8(2)11(21)16-9-4-6-10(7-5-9)23-12(14)15/h4-8,12H,3H2,1-2H3,(H,16,21). The van der Waals surface area contributed by atoms with Crippen LogP contribution in [0.4, 0.5) is 14.5 Å². The normalized spacial score (nSPS) is 12.4. The second-order valence-electron chi connectivity index (χ2n) is 4.43. The number of hydrogen-bond donors (Lipinski definition) is 1. The van der Waals surface area contributed by atoms with Crippen molar-refractivity contribution in [3.05, 3.63) is 24.3 Å². The summed E-state index contributed by atoms with van der Waals surface area (Å²) in [6.45, 7) is 4.27. The molecule has 23 heavy (non-hydrogen) atoms. The fourth-order valence-corrected chi connectivity index (χ4v) is 3.01. The van der Waals surface area contributed by atoms with E-state index in [1.165, 1.54) is 11.8 Å². The number of alkyl halides is 2. The Hall–Kier alpha value is -1.68. The number of aryl methyl sites for hydroxylation is 1. The maximum atomic E-state index is 12.3. The van der Waals surface area contributed by atoms with Crippen molar-refractivity contribution < 1.29 is 13.6 Å². The number of aromatic nitrogens is 4. The van der Waals surface area contributed by atoms with Gasteiger partial charge in [-0.3, -0.25) is 4.79 Å². The van der Waals surface area contributed by atoms with E-state index in [9.17, 15) is 13.6 Å². The molecule has 1 amide bonds. The number of tetrazole rings is 1. The lowest BCUT2D eigenvalue weighted by Crippen LogP contribution is -2.23. The lowest BCUT2D eigenvalue weighted by atomic mass is 10.3. The minimum Gasteiger partial charge on any atom is -0.325 e. The lowest BCUT2D eigenvalue weighted by molar-refractivity contribution is -0.115. The maximum Gasteiger partial charge on any atom is 0.288 e. The smallest absolute Gasteiger partial charge is 0.288 e. The van der Waals surface area contributed by atoms with Gasteiger partial charge in [-0.2, -0.15) is 8.78 Å². The number of carbonyl (C=O) groups excluding carboxylic acids is 1. The Kier molecular flexibility index (Phi) is 6.34. The van der Waals surface area contributed by atoms with E-state index in [1.807, 2.05) is 6.92 Å². The van der Waals surface area contributed by atoms with E-state index in [4.69, 9.17) is 0 Å². The third-order valence-corrected chi connectivity index (χ3v) is 4.59. The molecule has 2 rings (SSSR count). The summed E-state index contributed by atoms with van der Waals surface area (Å²) in [5.74, 6) is -2.67. The van der Waals surface area contributed by atoms with Gasteiger partial charge in [0.15, 0.2) is 0 Å². The van der Waals surface area contributed by atoms with E-state index in [0.717, 1.165) is 0 Å². The van der Waals surface area contributed by atoms with Crippen molar-refractivity contribution in [3.63, 3.8) is 0 Å². The zero-order valence-electron chi connectivity index (χ0n) is 12.4. The van der Waals surface area contributed by atoms with Gasteiger partial charge in [0.05, 0.1) is 5.25 Å². The summed E-state index contributed by atoms with van der Waals surface area (Å²) in [6.07, 6.45) is 0. The van der Waals surface area contributed by atoms with Gasteiger partial charge in [-0.05, 0) is 48.5 Å². The minimum absolute atomic E-state index is 0.213. The molecule has 0 spiro atoms. The third kappa shape index (κ3) is 5.17. The monoisotopic (exact) mass is 359 g/mol. The summed E-state index contributed by atoms with van der Waals surface area (Å²) in [6, 6.07) is 6.27. The van der Waals surface area contributed by atoms with Crippen LogP contribution in [0.5, 0.6) is 0 Å². The highest BCUT2D eigenvalue weighted by Gasteiger charge is 2.18. The number of anilines is 1. The van der Waals surface area contributed by atoms with Gasteiger partial charge in [0.1, 0.15) is 0 Å². The van der Waals surface area contributed by atoms with E-state index in [1.54, 1.807) is 35.9 Å². The van der Waals surface area contributed by atoms with Gasteiger partial charge in [0.2, 0.25) is 11.1 Å². The van der Waals surface area contributed by atoms with E-state index in [2.05, 4.69) is 20.8 Å². The van der Waals surface area contributed by atoms with Crippen LogP contribution in [0.2, 0.25) is 0 Å². The number of nitrogens with one attached hydrogen (secondary N) is 1. The highest BCUT2D eigenvalue weighted by Crippen LogP contribution is 2.26. The van der Waals surface area contributed by atoms with E-state index in [-0.39, 0.29) is 5.91 Å². The highest BCUT2D eigenvalue weighted by atomic mass is 32.2. The molecule has 1 aromatic carbocycles. The number of amides is 1. The Morgan fingerprint density at radius 2 is 2.00 bits per heavy atom. The summed E-state index contributed by atoms with van der Waals surface area (Å²) in [4.78, 5) is 12.6. The molecule has 1 atom stereocenters. The number of nitrogens with zero attached hydrogens (tertiary/aromatic N) is 4. The van der Waals surface area contributed by atoms with Crippen LogP contribution in [0.3, 0.4) is 0 Å². The van der Waals surface area contributed by atoms with Crippen LogP contribution in [-0.2, 0) is 11.3 Å². The Bertz CT molecular complexity index is 650. The summed E-state index contributed by atoms with van der Waals surface area (Å²) in [5, 5.41) is 14.1. The van der Waals surface area contributed by atoms with Crippen LogP contribution in [0.15, 0.2) is 34.3 Å². The van der Waals surface area contributed by atoms with Crippen LogP contribution in [0.1, 0.15) is 13.8 Å². The molecule has 0 saturated heterocycles. The summed E-state index contributed by atoms with van der Waals surface area (Å²) >= 11 is 1.72. The topological polar surface area (TPSA) is 72.7 Å². The first-order chi connectivity index (χ1) is 11.0. The quantitative estimate of drug-likeness (QED) is 0.766. The van der Waals surface area contributed by atoms with E-state index >= 15 is 0 Å². The van der Waals surface area contributed by atoms with Crippen molar-refractivity contribution in [1.29, 1.82) is 0 Å². The Balaban J connectivity index is 1.93. The Morgan fingerprint density at radius 1 is 1.30 bits per heavy atom. The number of carbonyl (C=O) groups is 1. The summed E-state index contributed by atoms with van der Waals surface area (Å²) in [7, 11) is 0. The van der Waals surface area contributed by atoms with Crippen molar-refractivity contribution in [1.82, 2.24) is 20.2 Å². The Morgan fingerprint density at radius 3 is 2.61 bits per heavy atom. The van der Waals surface area contributed by atoms with Crippen LogP contribution >= 0.6 is 23.5 Å². The van der Waals surface area contributed by atoms with Crippen LogP contribution < -0.4 is 5.32 Å². The molecule has 0 aliphatic rings. The molecule has 1 aromatic heterocycles. The second kappa shape index (κ2) is 8.25. The number of hydrogen-bond acceptors (Lipinski definition) is 6. The molecule has 1 heterocycles. The molecule has 1 unspecified atom stereocenters. The number of halogens is 2. The van der Waals surface area contributed by atoms with Crippen molar-refractivity contribution >= 4 is 35.1 Å². The zero-order valence-corrected chi connectivity index (χ0v) is 14.1. The SMILES string of the molecule is CCn1nnnc1SC(C)C(=O)Nc1ccc(SC(F)F)cc1. The fourth-order valence-electron chi connectivity index (χ4n) is 1.65. The third-order valence-electron chi connectivity index (χ3n) is 2.80. The van der Waals surface area contributed by atoms with Crippen molar-refractivity contribution in [3.8, 4) is 0 Å². The molecule has 124 valence electrons. The molecule has 0 aliphatic heterocycles. The largest absolute Gasteiger partial charge is 0.325 e. The average molecular weight is 359 g/mol. The molecule has 0 radical (unpaired) electrons. The van der Waals surface area contributed by atoms with Gasteiger partial charge in [-0.1, -0.05) is 23.5 Å². The number of thioether (sulfide) groups is 2. The zero-order chi connectivity index (χ0) is 16.8. The molecular formula is C13H15F2N5OS2. The molecule has 10 heteroatoms. The number of rotatable bonds is 7. The van der Waals surface area contributed by atoms with Crippen molar-refractivity contribution in [2.45, 2.75) is 41.5 Å². The average Bonchev–Trinajstić information content (AvgIpc) is 2.95. The fraction of sp³-hybridized carbons (Fsp3) is 0.385. The first-order valence-corrected chi connectivity index (χ1v) is 8.54. The molecular weight excluding hydrogens is 344 g/mol. The lowest BCUT2D eigenvalue weighted by Gasteiger charge is -2.11. The first-order valence-electron chi connectivity index (χ1n) is 6.78. The molecule has 6 nitrogen and oxygen atoms in total.